The number of nitrogens with one attached hydrogen (secondary N) is 1. The molecule has 6 heteroatoms. The lowest BCUT2D eigenvalue weighted by molar-refractivity contribution is -0.128. The molecule has 0 radical (unpaired) electrons. The first-order valence-corrected chi connectivity index (χ1v) is 7.56. The zero-order chi connectivity index (χ0) is 15.9. The van der Waals surface area contributed by atoms with Gasteiger partial charge in [0.25, 0.3) is 0 Å². The number of carbonyl (C=O) groups is 2. The number of rotatable bonds is 5. The summed E-state index contributed by atoms with van der Waals surface area (Å²) in [5.41, 5.74) is 6.27. The molecule has 0 aromatic heterocycles. The third-order valence-corrected chi connectivity index (χ3v) is 3.94. The van der Waals surface area contributed by atoms with Crippen LogP contribution in [0.4, 0.5) is 4.79 Å². The number of urea groups is 1. The molecule has 3 N–H and O–H groups in total. The van der Waals surface area contributed by atoms with Crippen LogP contribution in [-0.4, -0.2) is 48.7 Å². The van der Waals surface area contributed by atoms with Gasteiger partial charge in [-0.25, -0.2) is 4.79 Å². The van der Waals surface area contributed by atoms with Crippen LogP contribution in [0.25, 0.3) is 0 Å². The maximum Gasteiger partial charge on any atom is 0.318 e. The molecule has 1 heterocycles. The van der Waals surface area contributed by atoms with Crippen LogP contribution in [-0.2, 0) is 16.0 Å². The third kappa shape index (κ3) is 4.82. The molecule has 2 atom stereocenters. The Morgan fingerprint density at radius 1 is 1.41 bits per heavy atom. The second kappa shape index (κ2) is 7.91. The molecule has 1 saturated heterocycles. The van der Waals surface area contributed by atoms with Crippen LogP contribution in [0.15, 0.2) is 30.3 Å². The molecule has 1 aromatic carbocycles. The van der Waals surface area contributed by atoms with Gasteiger partial charge in [0.15, 0.2) is 0 Å². The number of amides is 3. The minimum absolute atomic E-state index is 0.0952. The average Bonchev–Trinajstić information content (AvgIpc) is 2.53. The van der Waals surface area contributed by atoms with Gasteiger partial charge in [0.1, 0.15) is 0 Å². The SMILES string of the molecule is C[C@@H](C(=O)NC(N)=O)N1CCO[C@@H](CCc2ccccc2)C1. The van der Waals surface area contributed by atoms with Gasteiger partial charge in [-0.2, -0.15) is 0 Å². The van der Waals surface area contributed by atoms with Crippen LogP contribution in [0.1, 0.15) is 18.9 Å². The lowest BCUT2D eigenvalue weighted by Gasteiger charge is -2.36. The van der Waals surface area contributed by atoms with Crippen LogP contribution < -0.4 is 11.1 Å². The van der Waals surface area contributed by atoms with Crippen LogP contribution in [0.2, 0.25) is 0 Å². The molecule has 0 bridgehead atoms. The fraction of sp³-hybridized carbons (Fsp3) is 0.500. The highest BCUT2D eigenvalue weighted by Gasteiger charge is 2.28. The number of nitrogens with zero attached hydrogens (tertiary/aromatic N) is 1. The van der Waals surface area contributed by atoms with E-state index >= 15 is 0 Å². The lowest BCUT2D eigenvalue weighted by Crippen LogP contribution is -2.53. The van der Waals surface area contributed by atoms with Gasteiger partial charge in [-0.1, -0.05) is 30.3 Å². The van der Waals surface area contributed by atoms with Crippen molar-refractivity contribution in [2.75, 3.05) is 19.7 Å². The van der Waals surface area contributed by atoms with Gasteiger partial charge in [-0.3, -0.25) is 15.0 Å². The van der Waals surface area contributed by atoms with Crippen LogP contribution in [0, 0.1) is 0 Å². The van der Waals surface area contributed by atoms with Crippen molar-refractivity contribution in [1.29, 1.82) is 0 Å². The highest BCUT2D eigenvalue weighted by molar-refractivity contribution is 5.96. The molecule has 0 saturated carbocycles. The van der Waals surface area contributed by atoms with Crippen molar-refractivity contribution in [2.45, 2.75) is 31.9 Å². The minimum Gasteiger partial charge on any atom is -0.376 e. The Kier molecular flexibility index (Phi) is 5.91. The molecule has 120 valence electrons. The van der Waals surface area contributed by atoms with E-state index in [2.05, 4.69) is 17.4 Å². The monoisotopic (exact) mass is 305 g/mol. The zero-order valence-electron chi connectivity index (χ0n) is 12.8. The Hall–Kier alpha value is -1.92. The number of benzene rings is 1. The van der Waals surface area contributed by atoms with Gasteiger partial charge in [0, 0.05) is 13.1 Å². The number of aryl methyl sites for hydroxylation is 1. The smallest absolute Gasteiger partial charge is 0.318 e. The van der Waals surface area contributed by atoms with Crippen LogP contribution in [0.3, 0.4) is 0 Å². The summed E-state index contributed by atoms with van der Waals surface area (Å²) in [5, 5.41) is 2.13. The van der Waals surface area contributed by atoms with Gasteiger partial charge < -0.3 is 10.5 Å². The van der Waals surface area contributed by atoms with E-state index in [0.29, 0.717) is 19.7 Å². The number of ether oxygens (including phenoxy) is 1. The first kappa shape index (κ1) is 16.5. The Morgan fingerprint density at radius 3 is 2.82 bits per heavy atom. The normalized spacial score (nSPS) is 20.3. The van der Waals surface area contributed by atoms with E-state index in [1.165, 1.54) is 5.56 Å². The Balaban J connectivity index is 1.83. The lowest BCUT2D eigenvalue weighted by atomic mass is 10.1. The number of imide groups is 1. The highest BCUT2D eigenvalue weighted by Crippen LogP contribution is 2.14. The molecule has 3 amide bonds. The molecule has 22 heavy (non-hydrogen) atoms. The summed E-state index contributed by atoms with van der Waals surface area (Å²) in [6.45, 7) is 3.72. The second-order valence-corrected chi connectivity index (χ2v) is 5.54. The van der Waals surface area contributed by atoms with Crippen molar-refractivity contribution in [2.24, 2.45) is 5.73 Å². The number of hydrogen-bond acceptors (Lipinski definition) is 4. The van der Waals surface area contributed by atoms with E-state index in [-0.39, 0.29) is 12.0 Å². The summed E-state index contributed by atoms with van der Waals surface area (Å²) in [7, 11) is 0. The number of primary amides is 1. The Bertz CT molecular complexity index is 507. The van der Waals surface area contributed by atoms with E-state index in [0.717, 1.165) is 12.8 Å². The first-order chi connectivity index (χ1) is 10.6. The summed E-state index contributed by atoms with van der Waals surface area (Å²) in [4.78, 5) is 24.6. The summed E-state index contributed by atoms with van der Waals surface area (Å²) < 4.78 is 5.78. The first-order valence-electron chi connectivity index (χ1n) is 7.56. The van der Waals surface area contributed by atoms with Crippen molar-refractivity contribution in [3.63, 3.8) is 0 Å². The van der Waals surface area contributed by atoms with Gasteiger partial charge in [0.05, 0.1) is 18.8 Å². The Morgan fingerprint density at radius 2 is 2.14 bits per heavy atom. The van der Waals surface area contributed by atoms with E-state index in [9.17, 15) is 9.59 Å². The molecular formula is C16H23N3O3. The van der Waals surface area contributed by atoms with Crippen molar-refractivity contribution in [1.82, 2.24) is 10.2 Å². The van der Waals surface area contributed by atoms with Gasteiger partial charge in [0.2, 0.25) is 5.91 Å². The fourth-order valence-electron chi connectivity index (χ4n) is 2.63. The third-order valence-electron chi connectivity index (χ3n) is 3.94. The average molecular weight is 305 g/mol. The maximum absolute atomic E-state index is 11.8. The second-order valence-electron chi connectivity index (χ2n) is 5.54. The van der Waals surface area contributed by atoms with Gasteiger partial charge in [-0.15, -0.1) is 0 Å². The molecule has 1 aliphatic heterocycles. The molecule has 0 spiro atoms. The predicted molar refractivity (Wildman–Crippen MR) is 83.3 cm³/mol. The molecule has 1 aliphatic rings. The molecular weight excluding hydrogens is 282 g/mol. The highest BCUT2D eigenvalue weighted by atomic mass is 16.5. The van der Waals surface area contributed by atoms with Gasteiger partial charge >= 0.3 is 6.03 Å². The Labute approximate surface area is 130 Å². The fourth-order valence-corrected chi connectivity index (χ4v) is 2.63. The number of hydrogen-bond donors (Lipinski definition) is 2. The largest absolute Gasteiger partial charge is 0.376 e. The topological polar surface area (TPSA) is 84.7 Å². The molecule has 0 unspecified atom stereocenters. The van der Waals surface area contributed by atoms with Gasteiger partial charge in [-0.05, 0) is 25.3 Å². The molecule has 1 fully saturated rings. The summed E-state index contributed by atoms with van der Waals surface area (Å²) >= 11 is 0. The summed E-state index contributed by atoms with van der Waals surface area (Å²) in [6.07, 6.45) is 1.95. The molecule has 6 nitrogen and oxygen atoms in total. The summed E-state index contributed by atoms with van der Waals surface area (Å²) in [5.74, 6) is -0.365. The van der Waals surface area contributed by atoms with Crippen molar-refractivity contribution < 1.29 is 14.3 Å². The number of nitrogens with two attached hydrogens (primary N) is 1. The summed E-state index contributed by atoms with van der Waals surface area (Å²) in [6, 6.07) is 9.05. The van der Waals surface area contributed by atoms with Crippen molar-refractivity contribution in [3.05, 3.63) is 35.9 Å². The quantitative estimate of drug-likeness (QED) is 0.846. The number of morpholine rings is 1. The maximum atomic E-state index is 11.8. The molecule has 0 aliphatic carbocycles. The predicted octanol–water partition coefficient (Wildman–Crippen LogP) is 0.903. The van der Waals surface area contributed by atoms with E-state index in [1.807, 2.05) is 23.1 Å². The van der Waals surface area contributed by atoms with Crippen LogP contribution >= 0.6 is 0 Å². The van der Waals surface area contributed by atoms with Crippen molar-refractivity contribution in [3.8, 4) is 0 Å². The van der Waals surface area contributed by atoms with Crippen molar-refractivity contribution >= 4 is 11.9 Å². The molecule has 1 aromatic rings. The van der Waals surface area contributed by atoms with Crippen LogP contribution in [0.5, 0.6) is 0 Å². The zero-order valence-corrected chi connectivity index (χ0v) is 12.8. The van der Waals surface area contributed by atoms with E-state index in [1.54, 1.807) is 6.92 Å². The van der Waals surface area contributed by atoms with E-state index in [4.69, 9.17) is 10.5 Å². The minimum atomic E-state index is -0.814. The standard InChI is InChI=1S/C16H23N3O3/c1-12(15(20)18-16(17)21)19-9-10-22-14(11-19)8-7-13-5-3-2-4-6-13/h2-6,12,14H,7-11H2,1H3,(H3,17,18,20,21)/t12-,14-/m0/s1. The number of carbonyl (C=O) groups excluding carboxylic acids is 2. The van der Waals surface area contributed by atoms with E-state index < -0.39 is 12.1 Å². The molecule has 2 rings (SSSR count).